The van der Waals surface area contributed by atoms with Crippen molar-refractivity contribution in [1.82, 2.24) is 25.3 Å². The van der Waals surface area contributed by atoms with Crippen LogP contribution in [0.15, 0.2) is 4.99 Å². The molecule has 31 heavy (non-hydrogen) atoms. The SMILES string of the molecule is CN=C(NCCN1CCN(C(=O)OC(C)(C)C)CC1)NC1CCN(C2CCCC2)C1.I. The maximum Gasteiger partial charge on any atom is 0.410 e. The number of guanidine groups is 1. The normalized spacial score (nSPS) is 24.2. The molecule has 2 heterocycles. The van der Waals surface area contributed by atoms with Gasteiger partial charge in [-0.2, -0.15) is 0 Å². The summed E-state index contributed by atoms with van der Waals surface area (Å²) < 4.78 is 5.47. The lowest BCUT2D eigenvalue weighted by atomic mass is 10.2. The van der Waals surface area contributed by atoms with Crippen molar-refractivity contribution in [3.05, 3.63) is 0 Å². The van der Waals surface area contributed by atoms with Crippen LogP contribution in [-0.4, -0.2) is 104 Å². The first kappa shape index (κ1) is 26.4. The zero-order chi connectivity index (χ0) is 21.6. The first-order chi connectivity index (χ1) is 14.3. The highest BCUT2D eigenvalue weighted by Gasteiger charge is 2.30. The molecule has 0 aromatic carbocycles. The van der Waals surface area contributed by atoms with Gasteiger partial charge in [-0.05, 0) is 40.0 Å². The van der Waals surface area contributed by atoms with Crippen LogP contribution in [0.1, 0.15) is 52.9 Å². The van der Waals surface area contributed by atoms with E-state index in [1.807, 2.05) is 32.7 Å². The summed E-state index contributed by atoms with van der Waals surface area (Å²) in [6.45, 7) is 13.1. The van der Waals surface area contributed by atoms with Gasteiger partial charge in [-0.15, -0.1) is 24.0 Å². The fraction of sp³-hybridized carbons (Fsp3) is 0.909. The highest BCUT2D eigenvalue weighted by Crippen LogP contribution is 2.26. The number of halogens is 1. The number of amides is 1. The Morgan fingerprint density at radius 2 is 1.74 bits per heavy atom. The van der Waals surface area contributed by atoms with Crippen LogP contribution in [0, 0.1) is 0 Å². The maximum absolute atomic E-state index is 12.2. The number of rotatable bonds is 5. The van der Waals surface area contributed by atoms with E-state index in [4.69, 9.17) is 4.74 Å². The standard InChI is InChI=1S/C22H42N6O2.HI/c1-22(2,3)30-21(29)27-15-13-26(14-16-27)12-10-24-20(23-4)25-18-9-11-28(17-18)19-7-5-6-8-19;/h18-19H,5-17H2,1-4H3,(H2,23,24,25);1H. The smallest absolute Gasteiger partial charge is 0.410 e. The molecule has 0 spiro atoms. The number of nitrogens with zero attached hydrogens (tertiary/aromatic N) is 4. The van der Waals surface area contributed by atoms with Gasteiger partial charge in [-0.3, -0.25) is 14.8 Å². The molecular weight excluding hydrogens is 507 g/mol. The minimum atomic E-state index is -0.436. The Morgan fingerprint density at radius 1 is 1.06 bits per heavy atom. The number of likely N-dealkylation sites (tertiary alicyclic amines) is 1. The molecule has 1 unspecified atom stereocenters. The predicted octanol–water partition coefficient (Wildman–Crippen LogP) is 2.34. The topological polar surface area (TPSA) is 72.4 Å². The van der Waals surface area contributed by atoms with Crippen LogP contribution in [0.4, 0.5) is 4.79 Å². The first-order valence-corrected chi connectivity index (χ1v) is 11.8. The number of hydrogen-bond acceptors (Lipinski definition) is 5. The molecule has 3 rings (SSSR count). The van der Waals surface area contributed by atoms with Crippen LogP contribution < -0.4 is 10.6 Å². The molecule has 1 atom stereocenters. The molecule has 0 aromatic heterocycles. The molecule has 3 fully saturated rings. The fourth-order valence-electron chi connectivity index (χ4n) is 4.71. The van der Waals surface area contributed by atoms with Gasteiger partial charge in [0, 0.05) is 71.5 Å². The van der Waals surface area contributed by atoms with E-state index in [1.165, 1.54) is 38.6 Å². The molecule has 1 aliphatic carbocycles. The average Bonchev–Trinajstić information content (AvgIpc) is 3.38. The van der Waals surface area contributed by atoms with E-state index in [0.717, 1.165) is 57.8 Å². The number of ether oxygens (including phenoxy) is 1. The molecule has 1 amide bonds. The molecular formula is C22H43IN6O2. The second-order valence-corrected chi connectivity index (χ2v) is 9.87. The third-order valence-corrected chi connectivity index (χ3v) is 6.37. The van der Waals surface area contributed by atoms with E-state index >= 15 is 0 Å². The van der Waals surface area contributed by atoms with Crippen LogP contribution in [0.5, 0.6) is 0 Å². The lowest BCUT2D eigenvalue weighted by Gasteiger charge is -2.35. The lowest BCUT2D eigenvalue weighted by Crippen LogP contribution is -2.52. The molecule has 2 saturated heterocycles. The number of carbonyl (C=O) groups is 1. The van der Waals surface area contributed by atoms with Crippen LogP contribution >= 0.6 is 24.0 Å². The largest absolute Gasteiger partial charge is 0.444 e. The van der Waals surface area contributed by atoms with Gasteiger partial charge in [-0.1, -0.05) is 12.8 Å². The summed E-state index contributed by atoms with van der Waals surface area (Å²) in [5.74, 6) is 0.903. The van der Waals surface area contributed by atoms with Gasteiger partial charge in [0.2, 0.25) is 0 Å². The Labute approximate surface area is 205 Å². The third-order valence-electron chi connectivity index (χ3n) is 6.37. The van der Waals surface area contributed by atoms with Gasteiger partial charge in [0.25, 0.3) is 0 Å². The number of nitrogens with one attached hydrogen (secondary N) is 2. The van der Waals surface area contributed by atoms with E-state index in [9.17, 15) is 4.79 Å². The number of carbonyl (C=O) groups excluding carboxylic acids is 1. The Kier molecular flexibility index (Phi) is 10.6. The summed E-state index contributed by atoms with van der Waals surface area (Å²) >= 11 is 0. The molecule has 1 saturated carbocycles. The second kappa shape index (κ2) is 12.4. The van der Waals surface area contributed by atoms with Crippen molar-refractivity contribution in [2.24, 2.45) is 4.99 Å². The minimum Gasteiger partial charge on any atom is -0.444 e. The van der Waals surface area contributed by atoms with Gasteiger partial charge < -0.3 is 20.3 Å². The lowest BCUT2D eigenvalue weighted by molar-refractivity contribution is 0.0147. The van der Waals surface area contributed by atoms with E-state index in [0.29, 0.717) is 6.04 Å². The number of hydrogen-bond donors (Lipinski definition) is 2. The zero-order valence-corrected chi connectivity index (χ0v) is 22.2. The molecule has 2 N–H and O–H groups in total. The van der Waals surface area contributed by atoms with E-state index in [1.54, 1.807) is 0 Å². The van der Waals surface area contributed by atoms with Crippen molar-refractivity contribution in [2.45, 2.75) is 70.6 Å². The molecule has 0 radical (unpaired) electrons. The fourth-order valence-corrected chi connectivity index (χ4v) is 4.71. The zero-order valence-electron chi connectivity index (χ0n) is 19.9. The van der Waals surface area contributed by atoms with Gasteiger partial charge in [0.05, 0.1) is 0 Å². The first-order valence-electron chi connectivity index (χ1n) is 11.8. The Balaban J connectivity index is 0.00000341. The molecule has 180 valence electrons. The predicted molar refractivity (Wildman–Crippen MR) is 136 cm³/mol. The molecule has 9 heteroatoms. The van der Waals surface area contributed by atoms with Gasteiger partial charge in [-0.25, -0.2) is 4.79 Å². The molecule has 0 bridgehead atoms. The molecule has 3 aliphatic rings. The monoisotopic (exact) mass is 550 g/mol. The second-order valence-electron chi connectivity index (χ2n) is 9.87. The van der Waals surface area contributed by atoms with Crippen molar-refractivity contribution in [2.75, 3.05) is 59.4 Å². The molecule has 8 nitrogen and oxygen atoms in total. The summed E-state index contributed by atoms with van der Waals surface area (Å²) in [5.41, 5.74) is -0.436. The van der Waals surface area contributed by atoms with Gasteiger partial charge >= 0.3 is 6.09 Å². The molecule has 0 aromatic rings. The Bertz CT molecular complexity index is 583. The van der Waals surface area contributed by atoms with E-state index in [2.05, 4.69) is 25.4 Å². The summed E-state index contributed by atoms with van der Waals surface area (Å²) in [6.07, 6.45) is 6.54. The van der Waals surface area contributed by atoms with Crippen molar-refractivity contribution < 1.29 is 9.53 Å². The minimum absolute atomic E-state index is 0. The summed E-state index contributed by atoms with van der Waals surface area (Å²) in [5, 5.41) is 7.08. The highest BCUT2D eigenvalue weighted by atomic mass is 127. The third kappa shape index (κ3) is 8.57. The van der Waals surface area contributed by atoms with E-state index in [-0.39, 0.29) is 30.1 Å². The van der Waals surface area contributed by atoms with Crippen LogP contribution in [0.25, 0.3) is 0 Å². The van der Waals surface area contributed by atoms with Gasteiger partial charge in [0.1, 0.15) is 5.60 Å². The van der Waals surface area contributed by atoms with Crippen molar-refractivity contribution in [3.8, 4) is 0 Å². The van der Waals surface area contributed by atoms with Crippen LogP contribution in [-0.2, 0) is 4.74 Å². The average molecular weight is 551 g/mol. The van der Waals surface area contributed by atoms with E-state index < -0.39 is 5.60 Å². The quantitative estimate of drug-likeness (QED) is 0.311. The summed E-state index contributed by atoms with van der Waals surface area (Å²) in [7, 11) is 1.85. The summed E-state index contributed by atoms with van der Waals surface area (Å²) in [4.78, 5) is 23.5. The van der Waals surface area contributed by atoms with Crippen LogP contribution in [0.3, 0.4) is 0 Å². The Morgan fingerprint density at radius 3 is 2.35 bits per heavy atom. The number of piperazine rings is 1. The Hall–Kier alpha value is -0.810. The van der Waals surface area contributed by atoms with Crippen molar-refractivity contribution in [3.63, 3.8) is 0 Å². The van der Waals surface area contributed by atoms with Crippen molar-refractivity contribution in [1.29, 1.82) is 0 Å². The van der Waals surface area contributed by atoms with Crippen molar-refractivity contribution >= 4 is 36.0 Å². The van der Waals surface area contributed by atoms with Crippen LogP contribution in [0.2, 0.25) is 0 Å². The van der Waals surface area contributed by atoms with Gasteiger partial charge in [0.15, 0.2) is 5.96 Å². The highest BCUT2D eigenvalue weighted by molar-refractivity contribution is 14.0. The number of aliphatic imine (C=N–C) groups is 1. The molecule has 2 aliphatic heterocycles. The summed E-state index contributed by atoms with van der Waals surface area (Å²) in [6, 6.07) is 1.31. The maximum atomic E-state index is 12.2.